The number of hydrogen-bond donors (Lipinski definition) is 0. The van der Waals surface area contributed by atoms with Crippen molar-refractivity contribution in [1.29, 1.82) is 0 Å². The Hall–Kier alpha value is -2.03. The molecule has 0 aliphatic carbocycles. The zero-order valence-electron chi connectivity index (χ0n) is 15.1. The lowest BCUT2D eigenvalue weighted by molar-refractivity contribution is -0.0112. The van der Waals surface area contributed by atoms with Crippen LogP contribution in [0.1, 0.15) is 22.6 Å². The molecule has 140 valence electrons. The van der Waals surface area contributed by atoms with Gasteiger partial charge in [-0.25, -0.2) is 9.97 Å². The fraction of sp³-hybridized carbons (Fsp3) is 0.611. The quantitative estimate of drug-likeness (QED) is 0.799. The molecular formula is C18H25N5O3. The summed E-state index contributed by atoms with van der Waals surface area (Å²) in [7, 11) is 0. The van der Waals surface area contributed by atoms with E-state index in [1.807, 2.05) is 24.1 Å². The molecule has 0 saturated carbocycles. The van der Waals surface area contributed by atoms with Gasteiger partial charge in [-0.05, 0) is 19.4 Å². The maximum atomic E-state index is 13.2. The van der Waals surface area contributed by atoms with Crippen molar-refractivity contribution in [3.63, 3.8) is 0 Å². The van der Waals surface area contributed by atoms with Crippen molar-refractivity contribution in [2.24, 2.45) is 0 Å². The molecular weight excluding hydrogens is 334 g/mol. The number of aryl methyl sites for hydroxylation is 1. The van der Waals surface area contributed by atoms with Gasteiger partial charge in [-0.15, -0.1) is 0 Å². The van der Waals surface area contributed by atoms with Gasteiger partial charge in [-0.3, -0.25) is 14.1 Å². The lowest BCUT2D eigenvalue weighted by Crippen LogP contribution is -2.46. The number of imidazole rings is 1. The summed E-state index contributed by atoms with van der Waals surface area (Å²) < 4.78 is 13.2. The second-order valence-electron chi connectivity index (χ2n) is 6.85. The fourth-order valence-electron chi connectivity index (χ4n) is 3.67. The molecule has 1 atom stereocenters. The number of hydrogen-bond acceptors (Lipinski definition) is 6. The molecule has 2 aliphatic rings. The maximum absolute atomic E-state index is 13.2. The minimum Gasteiger partial charge on any atom is -0.379 e. The number of fused-ring (bicyclic) bond motifs is 1. The minimum atomic E-state index is 0.000442. The van der Waals surface area contributed by atoms with E-state index < -0.39 is 0 Å². The predicted octanol–water partition coefficient (Wildman–Crippen LogP) is 0.601. The Morgan fingerprint density at radius 2 is 2.12 bits per heavy atom. The molecule has 4 rings (SSSR count). The Labute approximate surface area is 152 Å². The molecule has 2 aromatic heterocycles. The Balaban J connectivity index is 1.51. The van der Waals surface area contributed by atoms with Crippen molar-refractivity contribution in [2.75, 3.05) is 52.5 Å². The SMILES string of the molecule is Cc1nc2ncccn2c1C(=O)N1CCCO[C@@H](CN2CCOCC2)C1. The summed E-state index contributed by atoms with van der Waals surface area (Å²) in [4.78, 5) is 26.1. The monoisotopic (exact) mass is 359 g/mol. The molecule has 26 heavy (non-hydrogen) atoms. The number of carbonyl (C=O) groups is 1. The van der Waals surface area contributed by atoms with E-state index in [-0.39, 0.29) is 12.0 Å². The molecule has 0 spiro atoms. The lowest BCUT2D eigenvalue weighted by Gasteiger charge is -2.31. The van der Waals surface area contributed by atoms with Crippen molar-refractivity contribution in [2.45, 2.75) is 19.4 Å². The van der Waals surface area contributed by atoms with Crippen molar-refractivity contribution < 1.29 is 14.3 Å². The average molecular weight is 359 g/mol. The van der Waals surface area contributed by atoms with E-state index in [0.29, 0.717) is 36.9 Å². The van der Waals surface area contributed by atoms with E-state index in [2.05, 4.69) is 14.9 Å². The summed E-state index contributed by atoms with van der Waals surface area (Å²) in [5, 5.41) is 0. The largest absolute Gasteiger partial charge is 0.379 e. The van der Waals surface area contributed by atoms with Crippen LogP contribution in [0.15, 0.2) is 18.5 Å². The van der Waals surface area contributed by atoms with Crippen molar-refractivity contribution >= 4 is 11.7 Å². The number of carbonyl (C=O) groups excluding carboxylic acids is 1. The fourth-order valence-corrected chi connectivity index (χ4v) is 3.67. The molecule has 2 saturated heterocycles. The van der Waals surface area contributed by atoms with E-state index in [1.54, 1.807) is 10.6 Å². The standard InChI is InChI=1S/C18H25N5O3/c1-14-16(23-6-2-4-19-18(23)20-14)17(24)22-5-3-9-26-15(13-22)12-21-7-10-25-11-8-21/h2,4,6,15H,3,5,7-13H2,1H3/t15-/m0/s1. The molecule has 0 aromatic carbocycles. The van der Waals surface area contributed by atoms with Crippen LogP contribution < -0.4 is 0 Å². The van der Waals surface area contributed by atoms with Crippen LogP contribution in [0.4, 0.5) is 0 Å². The number of amides is 1. The molecule has 0 N–H and O–H groups in total. The lowest BCUT2D eigenvalue weighted by atomic mass is 10.2. The van der Waals surface area contributed by atoms with Gasteiger partial charge in [0, 0.05) is 51.7 Å². The first-order valence-electron chi connectivity index (χ1n) is 9.23. The van der Waals surface area contributed by atoms with Crippen LogP contribution in [0.5, 0.6) is 0 Å². The van der Waals surface area contributed by atoms with Gasteiger partial charge in [-0.1, -0.05) is 0 Å². The first-order valence-corrected chi connectivity index (χ1v) is 9.23. The zero-order valence-corrected chi connectivity index (χ0v) is 15.1. The third kappa shape index (κ3) is 3.58. The molecule has 8 heteroatoms. The number of nitrogens with zero attached hydrogens (tertiary/aromatic N) is 5. The highest BCUT2D eigenvalue weighted by atomic mass is 16.5. The molecule has 0 bridgehead atoms. The molecule has 2 fully saturated rings. The third-order valence-corrected chi connectivity index (χ3v) is 4.98. The van der Waals surface area contributed by atoms with E-state index in [9.17, 15) is 4.79 Å². The summed E-state index contributed by atoms with van der Waals surface area (Å²) >= 11 is 0. The minimum absolute atomic E-state index is 0.000442. The number of aromatic nitrogens is 3. The van der Waals surface area contributed by atoms with Crippen molar-refractivity contribution in [3.8, 4) is 0 Å². The van der Waals surface area contributed by atoms with Crippen LogP contribution >= 0.6 is 0 Å². The topological polar surface area (TPSA) is 72.2 Å². The highest BCUT2D eigenvalue weighted by Crippen LogP contribution is 2.16. The average Bonchev–Trinajstić information content (AvgIpc) is 2.82. The first-order chi connectivity index (χ1) is 12.7. The Bertz CT molecular complexity index is 771. The zero-order chi connectivity index (χ0) is 17.9. The normalized spacial score (nSPS) is 22.5. The van der Waals surface area contributed by atoms with Crippen LogP contribution in [0.25, 0.3) is 5.78 Å². The molecule has 0 radical (unpaired) electrons. The molecule has 1 amide bonds. The van der Waals surface area contributed by atoms with Gasteiger partial charge in [0.15, 0.2) is 0 Å². The van der Waals surface area contributed by atoms with Gasteiger partial charge in [0.25, 0.3) is 5.91 Å². The predicted molar refractivity (Wildman–Crippen MR) is 95.2 cm³/mol. The van der Waals surface area contributed by atoms with Crippen LogP contribution in [0.3, 0.4) is 0 Å². The molecule has 2 aromatic rings. The first kappa shape index (κ1) is 17.4. The van der Waals surface area contributed by atoms with Crippen molar-refractivity contribution in [3.05, 3.63) is 29.8 Å². The highest BCUT2D eigenvalue weighted by molar-refractivity contribution is 5.94. The second kappa shape index (κ2) is 7.69. The molecule has 8 nitrogen and oxygen atoms in total. The molecule has 4 heterocycles. The van der Waals surface area contributed by atoms with Crippen LogP contribution in [0.2, 0.25) is 0 Å². The number of morpholine rings is 1. The van der Waals surface area contributed by atoms with Gasteiger partial charge in [-0.2, -0.15) is 0 Å². The van der Waals surface area contributed by atoms with E-state index >= 15 is 0 Å². The van der Waals surface area contributed by atoms with E-state index in [0.717, 1.165) is 39.3 Å². The number of ether oxygens (including phenoxy) is 2. The number of rotatable bonds is 3. The summed E-state index contributed by atoms with van der Waals surface area (Å²) in [6.07, 6.45) is 4.40. The van der Waals surface area contributed by atoms with E-state index in [1.165, 1.54) is 0 Å². The Kier molecular flexibility index (Phi) is 5.14. The Morgan fingerprint density at radius 3 is 2.96 bits per heavy atom. The second-order valence-corrected chi connectivity index (χ2v) is 6.85. The van der Waals surface area contributed by atoms with E-state index in [4.69, 9.17) is 9.47 Å². The summed E-state index contributed by atoms with van der Waals surface area (Å²) in [6, 6.07) is 1.82. The third-order valence-electron chi connectivity index (χ3n) is 4.98. The summed E-state index contributed by atoms with van der Waals surface area (Å²) in [5.41, 5.74) is 1.31. The van der Waals surface area contributed by atoms with Crippen LogP contribution in [-0.4, -0.2) is 88.7 Å². The van der Waals surface area contributed by atoms with Gasteiger partial charge in [0.2, 0.25) is 5.78 Å². The van der Waals surface area contributed by atoms with Gasteiger partial charge in [0.05, 0.1) is 25.0 Å². The van der Waals surface area contributed by atoms with Gasteiger partial charge in [0.1, 0.15) is 5.69 Å². The Morgan fingerprint density at radius 1 is 1.27 bits per heavy atom. The summed E-state index contributed by atoms with van der Waals surface area (Å²) in [5.74, 6) is 0.560. The van der Waals surface area contributed by atoms with Crippen LogP contribution in [0, 0.1) is 6.92 Å². The highest BCUT2D eigenvalue weighted by Gasteiger charge is 2.28. The maximum Gasteiger partial charge on any atom is 0.272 e. The molecule has 2 aliphatic heterocycles. The molecule has 0 unspecified atom stereocenters. The van der Waals surface area contributed by atoms with Crippen LogP contribution in [-0.2, 0) is 9.47 Å². The van der Waals surface area contributed by atoms with Crippen molar-refractivity contribution in [1.82, 2.24) is 24.2 Å². The van der Waals surface area contributed by atoms with Gasteiger partial charge >= 0.3 is 0 Å². The smallest absolute Gasteiger partial charge is 0.272 e. The summed E-state index contributed by atoms with van der Waals surface area (Å²) in [6.45, 7) is 8.06. The van der Waals surface area contributed by atoms with Gasteiger partial charge < -0.3 is 14.4 Å².